The zero-order valence-electron chi connectivity index (χ0n) is 12.6. The van der Waals surface area contributed by atoms with Crippen LogP contribution in [0.3, 0.4) is 0 Å². The van der Waals surface area contributed by atoms with Gasteiger partial charge in [-0.2, -0.15) is 0 Å². The third-order valence-corrected chi connectivity index (χ3v) is 2.91. The Morgan fingerprint density at radius 1 is 0.952 bits per heavy atom. The fraction of sp³-hybridized carbons (Fsp3) is 0.250. The second-order valence-electron chi connectivity index (χ2n) is 6.09. The van der Waals surface area contributed by atoms with Crippen molar-refractivity contribution in [3.63, 3.8) is 0 Å². The van der Waals surface area contributed by atoms with Gasteiger partial charge in [0.2, 0.25) is 0 Å². The van der Waals surface area contributed by atoms with E-state index in [2.05, 4.69) is 28.1 Å². The minimum atomic E-state index is -1.46. The molecule has 0 fully saturated rings. The lowest BCUT2D eigenvalue weighted by Crippen LogP contribution is -2.29. The second kappa shape index (κ2) is 6.37. The molecule has 2 N–H and O–H groups in total. The number of para-hydroxylation sites is 1. The quantitative estimate of drug-likeness (QED) is 0.839. The molecule has 0 bridgehead atoms. The third-order valence-electron chi connectivity index (χ3n) is 2.91. The molecule has 0 aromatic heterocycles. The molecule has 5 heteroatoms. The minimum absolute atomic E-state index is 0.0598. The van der Waals surface area contributed by atoms with Crippen molar-refractivity contribution in [3.05, 3.63) is 48.5 Å². The Labute approximate surface area is 127 Å². The van der Waals surface area contributed by atoms with Gasteiger partial charge in [0.15, 0.2) is 7.28 Å². The Morgan fingerprint density at radius 3 is 2.14 bits per heavy atom. The molecule has 3 nitrogen and oxygen atoms in total. The van der Waals surface area contributed by atoms with Crippen LogP contribution < -0.4 is 15.7 Å². The Balaban J connectivity index is 2.19. The Hall–Kier alpha value is -1.71. The highest BCUT2D eigenvalue weighted by molar-refractivity contribution is 6.58. The highest BCUT2D eigenvalue weighted by atomic mass is 16.5. The first-order valence-corrected chi connectivity index (χ1v) is 6.94. The van der Waals surface area contributed by atoms with Gasteiger partial charge >= 0.3 is 7.12 Å². The van der Waals surface area contributed by atoms with Crippen LogP contribution in [0.2, 0.25) is 5.31 Å². The summed E-state index contributed by atoms with van der Waals surface area (Å²) in [5, 5.41) is 18.2. The molecule has 0 aliphatic rings. The van der Waals surface area contributed by atoms with E-state index >= 15 is 0 Å². The van der Waals surface area contributed by atoms with Crippen molar-refractivity contribution in [3.8, 4) is 11.5 Å². The Bertz CT molecular complexity index is 589. The van der Waals surface area contributed by atoms with Crippen molar-refractivity contribution in [2.24, 2.45) is 0 Å². The molecule has 2 rings (SSSR count). The highest BCUT2D eigenvalue weighted by Gasteiger charge is 2.17. The van der Waals surface area contributed by atoms with Crippen LogP contribution in [0.15, 0.2) is 48.5 Å². The van der Waals surface area contributed by atoms with Crippen LogP contribution in [-0.4, -0.2) is 24.4 Å². The summed E-state index contributed by atoms with van der Waals surface area (Å²) in [5.74, 6) is 1.44. The Kier molecular flexibility index (Phi) is 4.76. The van der Waals surface area contributed by atoms with Gasteiger partial charge in [-0.05, 0) is 29.1 Å². The summed E-state index contributed by atoms with van der Waals surface area (Å²) >= 11 is 0. The van der Waals surface area contributed by atoms with Gasteiger partial charge in [-0.1, -0.05) is 56.4 Å². The largest absolute Gasteiger partial charge is 0.488 e. The van der Waals surface area contributed by atoms with Gasteiger partial charge in [0, 0.05) is 0 Å². The molecule has 107 valence electrons. The van der Waals surface area contributed by atoms with E-state index in [-0.39, 0.29) is 5.31 Å². The summed E-state index contributed by atoms with van der Waals surface area (Å²) in [6.45, 7) is 6.42. The van der Waals surface area contributed by atoms with E-state index in [1.165, 1.54) is 0 Å². The predicted octanol–water partition coefficient (Wildman–Crippen LogP) is 1.71. The number of rotatable bonds is 4. The van der Waals surface area contributed by atoms with E-state index < -0.39 is 7.12 Å². The maximum atomic E-state index is 9.09. The van der Waals surface area contributed by atoms with Crippen LogP contribution in [-0.2, 0) is 0 Å². The smallest absolute Gasteiger partial charge is 0.458 e. The zero-order chi connectivity index (χ0) is 15.5. The van der Waals surface area contributed by atoms with E-state index in [9.17, 15) is 0 Å². The first kappa shape index (κ1) is 15.7. The summed E-state index contributed by atoms with van der Waals surface area (Å²) in [5.41, 5.74) is 1.48. The van der Waals surface area contributed by atoms with Gasteiger partial charge < -0.3 is 14.8 Å². The molecule has 0 heterocycles. The maximum Gasteiger partial charge on any atom is 0.488 e. The lowest BCUT2D eigenvalue weighted by atomic mass is 9.51. The molecule has 21 heavy (non-hydrogen) atoms. The lowest BCUT2D eigenvalue weighted by molar-refractivity contribution is 0.425. The summed E-state index contributed by atoms with van der Waals surface area (Å²) in [6, 6.07) is 14.6. The van der Waals surface area contributed by atoms with Crippen molar-refractivity contribution in [1.82, 2.24) is 0 Å². The van der Waals surface area contributed by atoms with Crippen molar-refractivity contribution in [1.29, 1.82) is 0 Å². The van der Waals surface area contributed by atoms with Crippen molar-refractivity contribution in [2.75, 3.05) is 0 Å². The molecular weight excluding hydrogens is 262 g/mol. The van der Waals surface area contributed by atoms with E-state index in [1.807, 2.05) is 24.3 Å². The SMILES string of the molecule is CC(C)(C)[B]c1ccccc1Oc1ccc(B(O)O)cc1. The van der Waals surface area contributed by atoms with E-state index in [0.29, 0.717) is 11.2 Å². The molecule has 0 saturated carbocycles. The fourth-order valence-corrected chi connectivity index (χ4v) is 1.99. The van der Waals surface area contributed by atoms with Crippen molar-refractivity contribution in [2.45, 2.75) is 26.1 Å². The van der Waals surface area contributed by atoms with Crippen molar-refractivity contribution >= 4 is 25.3 Å². The molecule has 2 aromatic carbocycles. The lowest BCUT2D eigenvalue weighted by Gasteiger charge is -2.19. The van der Waals surface area contributed by atoms with Crippen LogP contribution in [0.1, 0.15) is 20.8 Å². The van der Waals surface area contributed by atoms with Crippen LogP contribution >= 0.6 is 0 Å². The van der Waals surface area contributed by atoms with Crippen LogP contribution in [0.5, 0.6) is 11.5 Å². The monoisotopic (exact) mass is 281 g/mol. The van der Waals surface area contributed by atoms with Crippen LogP contribution in [0, 0.1) is 0 Å². The van der Waals surface area contributed by atoms with Crippen molar-refractivity contribution < 1.29 is 14.8 Å². The van der Waals surface area contributed by atoms with Gasteiger partial charge in [0.1, 0.15) is 11.5 Å². The normalized spacial score (nSPS) is 11.1. The summed E-state index contributed by atoms with van der Waals surface area (Å²) in [7, 11) is 0.703. The maximum absolute atomic E-state index is 9.09. The van der Waals surface area contributed by atoms with Gasteiger partial charge in [-0.3, -0.25) is 0 Å². The summed E-state index contributed by atoms with van der Waals surface area (Å²) in [6.07, 6.45) is 0. The predicted molar refractivity (Wildman–Crippen MR) is 87.9 cm³/mol. The number of hydrogen-bond donors (Lipinski definition) is 2. The zero-order valence-corrected chi connectivity index (χ0v) is 12.6. The molecule has 0 atom stereocenters. The molecule has 0 amide bonds. The number of hydrogen-bond acceptors (Lipinski definition) is 3. The molecule has 1 radical (unpaired) electrons. The van der Waals surface area contributed by atoms with E-state index in [1.54, 1.807) is 24.3 Å². The fourth-order valence-electron chi connectivity index (χ4n) is 1.99. The topological polar surface area (TPSA) is 49.7 Å². The summed E-state index contributed by atoms with van der Waals surface area (Å²) in [4.78, 5) is 0. The summed E-state index contributed by atoms with van der Waals surface area (Å²) < 4.78 is 5.90. The van der Waals surface area contributed by atoms with Gasteiger partial charge in [0.05, 0.1) is 0 Å². The van der Waals surface area contributed by atoms with E-state index in [4.69, 9.17) is 14.8 Å². The first-order valence-electron chi connectivity index (χ1n) is 6.94. The third kappa shape index (κ3) is 4.65. The molecule has 0 unspecified atom stereocenters. The number of benzene rings is 2. The van der Waals surface area contributed by atoms with Crippen LogP contribution in [0.25, 0.3) is 0 Å². The van der Waals surface area contributed by atoms with Gasteiger partial charge in [-0.25, -0.2) is 0 Å². The molecule has 0 spiro atoms. The second-order valence-corrected chi connectivity index (χ2v) is 6.09. The van der Waals surface area contributed by atoms with Crippen LogP contribution in [0.4, 0.5) is 0 Å². The van der Waals surface area contributed by atoms with Gasteiger partial charge in [0.25, 0.3) is 0 Å². The molecule has 0 aliphatic heterocycles. The number of ether oxygens (including phenoxy) is 1. The van der Waals surface area contributed by atoms with Gasteiger partial charge in [-0.15, -0.1) is 0 Å². The first-order chi connectivity index (χ1) is 9.85. The highest BCUT2D eigenvalue weighted by Crippen LogP contribution is 2.24. The average molecular weight is 281 g/mol. The minimum Gasteiger partial charge on any atom is -0.458 e. The average Bonchev–Trinajstić information content (AvgIpc) is 2.40. The molecule has 0 saturated heterocycles. The standard InChI is InChI=1S/C16H19B2O3/c1-16(2,3)17-14-6-4-5-7-15(14)21-13-10-8-12(9-11-13)18(19)20/h4-11,19-20H,1-3H3. The molecular formula is C16H19B2O3. The Morgan fingerprint density at radius 2 is 1.57 bits per heavy atom. The molecule has 0 aliphatic carbocycles. The van der Waals surface area contributed by atoms with E-state index in [0.717, 1.165) is 11.2 Å². The molecule has 2 aromatic rings.